The van der Waals surface area contributed by atoms with Crippen LogP contribution in [-0.4, -0.2) is 41.8 Å². The second-order valence-electron chi connectivity index (χ2n) is 5.70. The van der Waals surface area contributed by atoms with Crippen LogP contribution in [0.1, 0.15) is 63.1 Å². The summed E-state index contributed by atoms with van der Waals surface area (Å²) in [6.45, 7) is 6.81. The van der Waals surface area contributed by atoms with Crippen LogP contribution in [0.15, 0.2) is 4.52 Å². The van der Waals surface area contributed by atoms with Gasteiger partial charge in [0.1, 0.15) is 0 Å². The van der Waals surface area contributed by atoms with Gasteiger partial charge in [0.05, 0.1) is 12.6 Å². The molecule has 8 heteroatoms. The summed E-state index contributed by atoms with van der Waals surface area (Å²) in [5.74, 6) is 2.41. The Morgan fingerprint density at radius 1 is 1.32 bits per heavy atom. The lowest BCUT2D eigenvalue weighted by atomic mass is 10.2. The maximum absolute atomic E-state index is 5.25. The fraction of sp³-hybridized carbons (Fsp3) is 0.786. The molecule has 0 aliphatic carbocycles. The van der Waals surface area contributed by atoms with E-state index in [9.17, 15) is 0 Å². The topological polar surface area (TPSA) is 85.8 Å². The summed E-state index contributed by atoms with van der Waals surface area (Å²) in [7, 11) is 0. The smallest absolute Gasteiger partial charge is 0.226 e. The summed E-state index contributed by atoms with van der Waals surface area (Å²) in [6, 6.07) is 0.209. The zero-order valence-electron chi connectivity index (χ0n) is 13.3. The van der Waals surface area contributed by atoms with Crippen LogP contribution in [0, 0.1) is 0 Å². The lowest BCUT2D eigenvalue weighted by molar-refractivity contribution is 0.224. The molecule has 1 atom stereocenters. The Kier molecular flexibility index (Phi) is 4.77. The van der Waals surface area contributed by atoms with Gasteiger partial charge in [-0.1, -0.05) is 25.4 Å². The van der Waals surface area contributed by atoms with E-state index in [-0.39, 0.29) is 6.04 Å². The highest BCUT2D eigenvalue weighted by atomic mass is 16.5. The summed E-state index contributed by atoms with van der Waals surface area (Å²) in [6.07, 6.45) is 5.19. The van der Waals surface area contributed by atoms with E-state index in [0.29, 0.717) is 5.89 Å². The number of aryl methyl sites for hydroxylation is 2. The number of rotatable bonds is 7. The fourth-order valence-corrected chi connectivity index (χ4v) is 2.85. The van der Waals surface area contributed by atoms with E-state index in [4.69, 9.17) is 4.52 Å². The van der Waals surface area contributed by atoms with Gasteiger partial charge in [0.15, 0.2) is 11.6 Å². The van der Waals surface area contributed by atoms with Gasteiger partial charge in [0, 0.05) is 13.0 Å². The molecule has 3 rings (SSSR count). The van der Waals surface area contributed by atoms with Crippen molar-refractivity contribution < 1.29 is 4.52 Å². The number of tetrazole rings is 1. The summed E-state index contributed by atoms with van der Waals surface area (Å²) in [4.78, 5) is 6.83. The Hall–Kier alpha value is -1.83. The van der Waals surface area contributed by atoms with Crippen molar-refractivity contribution in [1.82, 2.24) is 35.2 Å². The third-order valence-electron chi connectivity index (χ3n) is 4.12. The number of nitrogens with zero attached hydrogens (tertiary/aromatic N) is 7. The zero-order chi connectivity index (χ0) is 15.4. The molecular weight excluding hydrogens is 282 g/mol. The van der Waals surface area contributed by atoms with E-state index in [0.717, 1.165) is 63.4 Å². The average molecular weight is 305 g/mol. The molecular formula is C14H23N7O. The van der Waals surface area contributed by atoms with Crippen LogP contribution in [0.2, 0.25) is 0 Å². The Bertz CT molecular complexity index is 594. The molecule has 2 aromatic rings. The van der Waals surface area contributed by atoms with E-state index in [2.05, 4.69) is 37.5 Å². The van der Waals surface area contributed by atoms with Crippen LogP contribution in [0.4, 0.5) is 0 Å². The van der Waals surface area contributed by atoms with Gasteiger partial charge in [-0.2, -0.15) is 4.98 Å². The number of aromatic nitrogens is 6. The SMILES string of the molecule is CCCCn1nnnc1CN1CCC[C@H]1c1noc(CC)n1. The molecule has 0 aromatic carbocycles. The molecule has 1 aliphatic heterocycles. The maximum atomic E-state index is 5.25. The second kappa shape index (κ2) is 6.95. The highest BCUT2D eigenvalue weighted by Gasteiger charge is 2.31. The quantitative estimate of drug-likeness (QED) is 0.770. The zero-order valence-corrected chi connectivity index (χ0v) is 13.3. The molecule has 0 saturated carbocycles. The molecule has 0 unspecified atom stereocenters. The van der Waals surface area contributed by atoms with Gasteiger partial charge in [-0.15, -0.1) is 5.10 Å². The number of hydrogen-bond donors (Lipinski definition) is 0. The normalized spacial score (nSPS) is 19.1. The molecule has 3 heterocycles. The molecule has 1 aliphatic rings. The van der Waals surface area contributed by atoms with Gasteiger partial charge in [0.25, 0.3) is 0 Å². The standard InChI is InChI=1S/C14H23N7O/c1-3-5-9-21-12(16-18-19-21)10-20-8-6-7-11(20)14-15-13(4-2)22-17-14/h11H,3-10H2,1-2H3/t11-/m0/s1. The van der Waals surface area contributed by atoms with E-state index >= 15 is 0 Å². The molecule has 0 spiro atoms. The van der Waals surface area contributed by atoms with Crippen LogP contribution < -0.4 is 0 Å². The predicted octanol–water partition coefficient (Wildman–Crippen LogP) is 1.76. The molecule has 1 saturated heterocycles. The molecule has 0 amide bonds. The first-order valence-corrected chi connectivity index (χ1v) is 8.13. The van der Waals surface area contributed by atoms with E-state index in [1.165, 1.54) is 0 Å². The monoisotopic (exact) mass is 305 g/mol. The van der Waals surface area contributed by atoms with Gasteiger partial charge >= 0.3 is 0 Å². The largest absolute Gasteiger partial charge is 0.339 e. The van der Waals surface area contributed by atoms with Crippen molar-refractivity contribution in [2.45, 2.75) is 65.1 Å². The van der Waals surface area contributed by atoms with Crippen molar-refractivity contribution in [2.24, 2.45) is 0 Å². The van der Waals surface area contributed by atoms with E-state index in [1.807, 2.05) is 11.6 Å². The third kappa shape index (κ3) is 3.16. The first-order valence-electron chi connectivity index (χ1n) is 8.13. The van der Waals surface area contributed by atoms with Crippen molar-refractivity contribution in [3.05, 3.63) is 17.5 Å². The molecule has 120 valence electrons. The summed E-state index contributed by atoms with van der Waals surface area (Å²) in [5, 5.41) is 16.2. The predicted molar refractivity (Wildman–Crippen MR) is 78.8 cm³/mol. The Morgan fingerprint density at radius 2 is 2.23 bits per heavy atom. The lowest BCUT2D eigenvalue weighted by Crippen LogP contribution is -2.25. The minimum absolute atomic E-state index is 0.209. The summed E-state index contributed by atoms with van der Waals surface area (Å²) in [5.41, 5.74) is 0. The minimum Gasteiger partial charge on any atom is -0.339 e. The fourth-order valence-electron chi connectivity index (χ4n) is 2.85. The van der Waals surface area contributed by atoms with Crippen molar-refractivity contribution in [2.75, 3.05) is 6.54 Å². The summed E-state index contributed by atoms with van der Waals surface area (Å²) < 4.78 is 7.16. The van der Waals surface area contributed by atoms with Crippen LogP contribution in [0.5, 0.6) is 0 Å². The molecule has 0 bridgehead atoms. The van der Waals surface area contributed by atoms with Crippen LogP contribution in [0.3, 0.4) is 0 Å². The minimum atomic E-state index is 0.209. The molecule has 22 heavy (non-hydrogen) atoms. The number of likely N-dealkylation sites (tertiary alicyclic amines) is 1. The number of unbranched alkanes of at least 4 members (excludes halogenated alkanes) is 1. The Labute approximate surface area is 129 Å². The maximum Gasteiger partial charge on any atom is 0.226 e. The van der Waals surface area contributed by atoms with Crippen LogP contribution in [0.25, 0.3) is 0 Å². The molecule has 0 N–H and O–H groups in total. The Morgan fingerprint density at radius 3 is 3.00 bits per heavy atom. The van der Waals surface area contributed by atoms with Gasteiger partial charge in [-0.3, -0.25) is 4.90 Å². The van der Waals surface area contributed by atoms with Gasteiger partial charge < -0.3 is 4.52 Å². The highest BCUT2D eigenvalue weighted by Crippen LogP contribution is 2.31. The van der Waals surface area contributed by atoms with Gasteiger partial charge in [0.2, 0.25) is 5.89 Å². The molecule has 2 aromatic heterocycles. The van der Waals surface area contributed by atoms with Crippen molar-refractivity contribution in [3.8, 4) is 0 Å². The summed E-state index contributed by atoms with van der Waals surface area (Å²) >= 11 is 0. The molecule has 1 fully saturated rings. The van der Waals surface area contributed by atoms with E-state index in [1.54, 1.807) is 0 Å². The lowest BCUT2D eigenvalue weighted by Gasteiger charge is -2.20. The van der Waals surface area contributed by atoms with Crippen LogP contribution >= 0.6 is 0 Å². The highest BCUT2D eigenvalue weighted by molar-refractivity contribution is 4.99. The van der Waals surface area contributed by atoms with E-state index < -0.39 is 0 Å². The van der Waals surface area contributed by atoms with Gasteiger partial charge in [-0.25, -0.2) is 4.68 Å². The molecule has 0 radical (unpaired) electrons. The van der Waals surface area contributed by atoms with Gasteiger partial charge in [-0.05, 0) is 36.2 Å². The van der Waals surface area contributed by atoms with Crippen molar-refractivity contribution >= 4 is 0 Å². The van der Waals surface area contributed by atoms with Crippen molar-refractivity contribution in [1.29, 1.82) is 0 Å². The first kappa shape index (κ1) is 15.1. The van der Waals surface area contributed by atoms with Crippen molar-refractivity contribution in [3.63, 3.8) is 0 Å². The third-order valence-corrected chi connectivity index (χ3v) is 4.12. The molecule has 8 nitrogen and oxygen atoms in total. The first-order chi connectivity index (χ1) is 10.8. The average Bonchev–Trinajstić information content (AvgIpc) is 3.26. The number of hydrogen-bond acceptors (Lipinski definition) is 7. The van der Waals surface area contributed by atoms with Crippen LogP contribution in [-0.2, 0) is 19.5 Å². The second-order valence-corrected chi connectivity index (χ2v) is 5.70. The Balaban J connectivity index is 1.70.